The van der Waals surface area contributed by atoms with Gasteiger partial charge in [0.15, 0.2) is 5.82 Å². The minimum absolute atomic E-state index is 0.295. The van der Waals surface area contributed by atoms with Crippen molar-refractivity contribution < 1.29 is 9.53 Å². The third-order valence-corrected chi connectivity index (χ3v) is 6.05. The summed E-state index contributed by atoms with van der Waals surface area (Å²) >= 11 is 0. The quantitative estimate of drug-likeness (QED) is 0.454. The molecule has 0 spiro atoms. The number of rotatable bonds is 6. The molecule has 0 saturated carbocycles. The zero-order valence-electron chi connectivity index (χ0n) is 18.7. The number of hydrogen-bond acceptors (Lipinski definition) is 7. The fourth-order valence-corrected chi connectivity index (χ4v) is 4.34. The normalized spacial score (nSPS) is 13.7. The average molecular weight is 440 g/mol. The molecule has 0 aliphatic carbocycles. The number of benzene rings is 2. The maximum Gasteiger partial charge on any atom is 0.322 e. The van der Waals surface area contributed by atoms with Crippen molar-refractivity contribution in [3.63, 3.8) is 0 Å². The first-order valence-electron chi connectivity index (χ1n) is 11.0. The van der Waals surface area contributed by atoms with Gasteiger partial charge in [-0.2, -0.15) is 0 Å². The molecule has 1 aliphatic rings. The Morgan fingerprint density at radius 3 is 2.79 bits per heavy atom. The van der Waals surface area contributed by atoms with Crippen LogP contribution in [-0.2, 0) is 22.5 Å². The Morgan fingerprint density at radius 2 is 1.97 bits per heavy atom. The monoisotopic (exact) mass is 439 g/mol. The van der Waals surface area contributed by atoms with Crippen LogP contribution in [0.1, 0.15) is 18.1 Å². The van der Waals surface area contributed by atoms with Gasteiger partial charge in [-0.3, -0.25) is 9.78 Å². The summed E-state index contributed by atoms with van der Waals surface area (Å²) in [6, 6.07) is 18.5. The van der Waals surface area contributed by atoms with Crippen molar-refractivity contribution in [3.8, 4) is 11.1 Å². The summed E-state index contributed by atoms with van der Waals surface area (Å²) < 4.78 is 4.77. The zero-order chi connectivity index (χ0) is 22.8. The number of anilines is 2. The van der Waals surface area contributed by atoms with E-state index in [1.165, 1.54) is 23.8 Å². The van der Waals surface area contributed by atoms with E-state index in [0.717, 1.165) is 41.1 Å². The largest absolute Gasteiger partial charge is 0.468 e. The van der Waals surface area contributed by atoms with Crippen LogP contribution in [0.3, 0.4) is 0 Å². The molecule has 2 aromatic heterocycles. The van der Waals surface area contributed by atoms with Crippen LogP contribution in [0.25, 0.3) is 22.2 Å². The minimum Gasteiger partial charge on any atom is -0.468 e. The van der Waals surface area contributed by atoms with Crippen molar-refractivity contribution in [2.75, 3.05) is 18.6 Å². The molecule has 0 bridgehead atoms. The molecule has 166 valence electrons. The van der Waals surface area contributed by atoms with Crippen LogP contribution in [0.4, 0.5) is 11.5 Å². The van der Waals surface area contributed by atoms with Gasteiger partial charge in [0, 0.05) is 25.0 Å². The summed E-state index contributed by atoms with van der Waals surface area (Å²) in [6.07, 6.45) is 4.34. The number of aromatic nitrogens is 3. The molecule has 5 rings (SSSR count). The Kier molecular flexibility index (Phi) is 5.71. The fourth-order valence-electron chi connectivity index (χ4n) is 4.34. The molecule has 0 saturated heterocycles. The van der Waals surface area contributed by atoms with Gasteiger partial charge in [0.2, 0.25) is 0 Å². The van der Waals surface area contributed by atoms with Gasteiger partial charge in [-0.15, -0.1) is 0 Å². The van der Waals surface area contributed by atoms with E-state index >= 15 is 0 Å². The van der Waals surface area contributed by atoms with E-state index in [1.807, 2.05) is 18.3 Å². The number of fused-ring (bicyclic) bond motifs is 2. The molecular weight excluding hydrogens is 414 g/mol. The Morgan fingerprint density at radius 1 is 1.12 bits per heavy atom. The molecule has 1 N–H and O–H groups in total. The molecule has 2 aromatic carbocycles. The van der Waals surface area contributed by atoms with Gasteiger partial charge in [0.05, 0.1) is 12.6 Å². The second-order valence-electron chi connectivity index (χ2n) is 8.11. The Balaban J connectivity index is 1.46. The van der Waals surface area contributed by atoms with Crippen molar-refractivity contribution in [2.24, 2.45) is 0 Å². The SMILES string of the molecule is COC(=O)[C@H](C)NCc1cnc2c(N3CCc4c(-c5ccccc5)cccc43)ncnc2c1. The molecule has 33 heavy (non-hydrogen) atoms. The molecular formula is C26H25N5O2. The summed E-state index contributed by atoms with van der Waals surface area (Å²) in [6.45, 7) is 3.10. The molecule has 4 aromatic rings. The van der Waals surface area contributed by atoms with E-state index in [0.29, 0.717) is 6.54 Å². The smallest absolute Gasteiger partial charge is 0.322 e. The first kappa shape index (κ1) is 21.0. The summed E-state index contributed by atoms with van der Waals surface area (Å²) in [7, 11) is 1.38. The van der Waals surface area contributed by atoms with E-state index in [-0.39, 0.29) is 5.97 Å². The van der Waals surface area contributed by atoms with E-state index in [9.17, 15) is 4.79 Å². The number of nitrogens with one attached hydrogen (secondary N) is 1. The standard InChI is InChI=1S/C26H25N5O2/c1-17(26(32)33-2)27-14-18-13-22-24(28-15-18)25(30-16-29-22)31-12-11-21-20(9-6-10-23(21)31)19-7-4-3-5-8-19/h3-10,13,15-17,27H,11-12,14H2,1-2H3/t17-/m0/s1. The summed E-state index contributed by atoms with van der Waals surface area (Å²) in [5.74, 6) is 0.516. The van der Waals surface area contributed by atoms with Gasteiger partial charge in [0.1, 0.15) is 17.9 Å². The molecule has 0 amide bonds. The zero-order valence-corrected chi connectivity index (χ0v) is 18.7. The third-order valence-electron chi connectivity index (χ3n) is 6.05. The second-order valence-corrected chi connectivity index (χ2v) is 8.11. The maximum absolute atomic E-state index is 11.6. The lowest BCUT2D eigenvalue weighted by Crippen LogP contribution is -2.34. The van der Waals surface area contributed by atoms with E-state index in [1.54, 1.807) is 13.3 Å². The predicted molar refractivity (Wildman–Crippen MR) is 128 cm³/mol. The molecule has 0 unspecified atom stereocenters. The van der Waals surface area contributed by atoms with Crippen molar-refractivity contribution in [1.29, 1.82) is 0 Å². The van der Waals surface area contributed by atoms with E-state index in [4.69, 9.17) is 9.72 Å². The highest BCUT2D eigenvalue weighted by Gasteiger charge is 2.26. The lowest BCUT2D eigenvalue weighted by atomic mass is 9.98. The van der Waals surface area contributed by atoms with Gasteiger partial charge in [-0.25, -0.2) is 9.97 Å². The van der Waals surface area contributed by atoms with Gasteiger partial charge in [0.25, 0.3) is 0 Å². The highest BCUT2D eigenvalue weighted by Crippen LogP contribution is 2.40. The first-order chi connectivity index (χ1) is 16.2. The summed E-state index contributed by atoms with van der Waals surface area (Å²) in [4.78, 5) is 27.6. The Labute approximate surface area is 192 Å². The predicted octanol–water partition coefficient (Wildman–Crippen LogP) is 4.04. The molecule has 7 nitrogen and oxygen atoms in total. The third kappa shape index (κ3) is 4.03. The Hall–Kier alpha value is -3.84. The van der Waals surface area contributed by atoms with Crippen LogP contribution in [0.2, 0.25) is 0 Å². The van der Waals surface area contributed by atoms with Crippen molar-refractivity contribution in [3.05, 3.63) is 78.2 Å². The van der Waals surface area contributed by atoms with Crippen LogP contribution in [0.5, 0.6) is 0 Å². The lowest BCUT2D eigenvalue weighted by Gasteiger charge is -2.20. The topological polar surface area (TPSA) is 80.2 Å². The second kappa shape index (κ2) is 8.96. The fraction of sp³-hybridized carbons (Fsp3) is 0.231. The lowest BCUT2D eigenvalue weighted by molar-refractivity contribution is -0.142. The van der Waals surface area contributed by atoms with Gasteiger partial charge < -0.3 is 15.0 Å². The van der Waals surface area contributed by atoms with Crippen molar-refractivity contribution in [2.45, 2.75) is 25.9 Å². The van der Waals surface area contributed by atoms with Gasteiger partial charge in [-0.05, 0) is 47.7 Å². The number of carbonyl (C=O) groups is 1. The number of methoxy groups -OCH3 is 1. The molecule has 0 radical (unpaired) electrons. The van der Waals surface area contributed by atoms with Crippen LogP contribution >= 0.6 is 0 Å². The van der Waals surface area contributed by atoms with Crippen molar-refractivity contribution in [1.82, 2.24) is 20.3 Å². The van der Waals surface area contributed by atoms with Gasteiger partial charge >= 0.3 is 5.97 Å². The van der Waals surface area contributed by atoms with Gasteiger partial charge in [-0.1, -0.05) is 42.5 Å². The highest BCUT2D eigenvalue weighted by molar-refractivity contribution is 5.90. The minimum atomic E-state index is -0.397. The first-order valence-corrected chi connectivity index (χ1v) is 11.0. The number of hydrogen-bond donors (Lipinski definition) is 1. The molecule has 7 heteroatoms. The van der Waals surface area contributed by atoms with Crippen LogP contribution in [-0.4, -0.2) is 40.6 Å². The molecule has 0 fully saturated rings. The highest BCUT2D eigenvalue weighted by atomic mass is 16.5. The summed E-state index contributed by atoms with van der Waals surface area (Å²) in [5, 5.41) is 3.15. The number of carbonyl (C=O) groups excluding carboxylic acids is 1. The van der Waals surface area contributed by atoms with E-state index in [2.05, 4.69) is 62.6 Å². The molecule has 1 atom stereocenters. The van der Waals surface area contributed by atoms with Crippen LogP contribution < -0.4 is 10.2 Å². The van der Waals surface area contributed by atoms with Crippen molar-refractivity contribution >= 4 is 28.5 Å². The van der Waals surface area contributed by atoms with Crippen LogP contribution in [0.15, 0.2) is 67.1 Å². The average Bonchev–Trinajstić information content (AvgIpc) is 3.31. The number of pyridine rings is 1. The molecule has 3 heterocycles. The summed E-state index contributed by atoms with van der Waals surface area (Å²) in [5.41, 5.74) is 7.45. The van der Waals surface area contributed by atoms with Crippen LogP contribution in [0, 0.1) is 0 Å². The van der Waals surface area contributed by atoms with E-state index < -0.39 is 6.04 Å². The molecule has 1 aliphatic heterocycles. The maximum atomic E-state index is 11.6. The number of esters is 1. The Bertz CT molecular complexity index is 1310. The number of nitrogens with zero attached hydrogens (tertiary/aromatic N) is 4. The number of ether oxygens (including phenoxy) is 1.